The fourth-order valence-electron chi connectivity index (χ4n) is 1.05. The summed E-state index contributed by atoms with van der Waals surface area (Å²) in [4.78, 5) is 10.4. The molecule has 0 radical (unpaired) electrons. The number of alkyl halides is 1. The van der Waals surface area contributed by atoms with Crippen LogP contribution in [0, 0.1) is 0 Å². The summed E-state index contributed by atoms with van der Waals surface area (Å²) in [5, 5.41) is 0. The van der Waals surface area contributed by atoms with Gasteiger partial charge in [-0.2, -0.15) is 0 Å². The zero-order valence-corrected chi connectivity index (χ0v) is 8.75. The molecule has 1 rings (SSSR count). The van der Waals surface area contributed by atoms with E-state index < -0.39 is 0 Å². The average Bonchev–Trinajstić information content (AvgIpc) is 2.18. The van der Waals surface area contributed by atoms with Crippen LogP contribution in [0.15, 0.2) is 12.4 Å². The summed E-state index contributed by atoms with van der Waals surface area (Å²) < 4.78 is 0. The molecular weight excluding hydrogens is 186 g/mol. The lowest BCUT2D eigenvalue weighted by molar-refractivity contribution is 0.817. The van der Waals surface area contributed by atoms with Gasteiger partial charge in [0.2, 0.25) is 5.95 Å². The number of anilines is 1. The number of aromatic nitrogens is 2. The molecule has 0 saturated heterocycles. The van der Waals surface area contributed by atoms with Crippen molar-refractivity contribution in [3.8, 4) is 0 Å². The van der Waals surface area contributed by atoms with Gasteiger partial charge in [0.05, 0.1) is 5.88 Å². The third kappa shape index (κ3) is 2.84. The van der Waals surface area contributed by atoms with Crippen LogP contribution in [0.2, 0.25) is 0 Å². The number of rotatable bonds is 4. The summed E-state index contributed by atoms with van der Waals surface area (Å²) in [5.41, 5.74) is 0.954. The number of halogens is 1. The Morgan fingerprint density at radius 1 is 1.38 bits per heavy atom. The van der Waals surface area contributed by atoms with Crippen molar-refractivity contribution in [3.05, 3.63) is 18.0 Å². The molecule has 1 heterocycles. The monoisotopic (exact) mass is 199 g/mol. The van der Waals surface area contributed by atoms with Gasteiger partial charge >= 0.3 is 0 Å². The molecule has 0 fully saturated rings. The van der Waals surface area contributed by atoms with Crippen LogP contribution in [0.4, 0.5) is 5.95 Å². The summed E-state index contributed by atoms with van der Waals surface area (Å²) in [7, 11) is 1.99. The summed E-state index contributed by atoms with van der Waals surface area (Å²) in [5.74, 6) is 1.23. The van der Waals surface area contributed by atoms with Crippen molar-refractivity contribution in [2.75, 3.05) is 18.5 Å². The van der Waals surface area contributed by atoms with E-state index >= 15 is 0 Å². The summed E-state index contributed by atoms with van der Waals surface area (Å²) in [6, 6.07) is 0. The van der Waals surface area contributed by atoms with Crippen molar-refractivity contribution in [2.45, 2.75) is 19.2 Å². The van der Waals surface area contributed by atoms with Crippen LogP contribution in [0.5, 0.6) is 0 Å². The Kier molecular flexibility index (Phi) is 3.96. The zero-order valence-electron chi connectivity index (χ0n) is 8.00. The third-order valence-corrected chi connectivity index (χ3v) is 2.06. The van der Waals surface area contributed by atoms with Crippen LogP contribution >= 0.6 is 11.6 Å². The van der Waals surface area contributed by atoms with E-state index in [1.54, 1.807) is 12.4 Å². The molecule has 0 amide bonds. The van der Waals surface area contributed by atoms with Gasteiger partial charge in [0.15, 0.2) is 0 Å². The molecule has 0 aliphatic rings. The lowest BCUT2D eigenvalue weighted by Crippen LogP contribution is -2.20. The molecule has 0 saturated carbocycles. The fraction of sp³-hybridized carbons (Fsp3) is 0.556. The normalized spacial score (nSPS) is 10.1. The minimum atomic E-state index is 0.470. The van der Waals surface area contributed by atoms with Gasteiger partial charge in [0, 0.05) is 31.5 Å². The van der Waals surface area contributed by atoms with Gasteiger partial charge in [-0.05, 0) is 6.42 Å². The van der Waals surface area contributed by atoms with Gasteiger partial charge in [0.25, 0.3) is 0 Å². The average molecular weight is 200 g/mol. The van der Waals surface area contributed by atoms with Crippen molar-refractivity contribution in [3.63, 3.8) is 0 Å². The largest absolute Gasteiger partial charge is 0.344 e. The van der Waals surface area contributed by atoms with Crippen molar-refractivity contribution in [1.29, 1.82) is 0 Å². The predicted molar refractivity (Wildman–Crippen MR) is 55.2 cm³/mol. The summed E-state index contributed by atoms with van der Waals surface area (Å²) >= 11 is 5.63. The first-order chi connectivity index (χ1) is 6.27. The standard InChI is InChI=1S/C9H14ClN3/c1-3-4-13(2)9-11-6-8(5-10)7-12-9/h6-7H,3-5H2,1-2H3. The van der Waals surface area contributed by atoms with Crippen LogP contribution < -0.4 is 4.90 Å². The molecule has 1 aromatic rings. The van der Waals surface area contributed by atoms with Crippen molar-refractivity contribution < 1.29 is 0 Å². The molecular formula is C9H14ClN3. The Labute approximate surface area is 83.8 Å². The molecule has 1 aromatic heterocycles. The highest BCUT2D eigenvalue weighted by Crippen LogP contribution is 2.06. The molecule has 4 heteroatoms. The first-order valence-electron chi connectivity index (χ1n) is 4.36. The maximum absolute atomic E-state index is 5.63. The van der Waals surface area contributed by atoms with Crippen molar-refractivity contribution in [1.82, 2.24) is 9.97 Å². The first-order valence-corrected chi connectivity index (χ1v) is 4.89. The van der Waals surface area contributed by atoms with Crippen LogP contribution in [-0.4, -0.2) is 23.6 Å². The molecule has 0 N–H and O–H groups in total. The topological polar surface area (TPSA) is 29.0 Å². The van der Waals surface area contributed by atoms with Crippen molar-refractivity contribution in [2.24, 2.45) is 0 Å². The van der Waals surface area contributed by atoms with E-state index in [2.05, 4.69) is 16.9 Å². The van der Waals surface area contributed by atoms with Gasteiger partial charge in [-0.3, -0.25) is 0 Å². The summed E-state index contributed by atoms with van der Waals surface area (Å²) in [6.45, 7) is 3.10. The van der Waals surface area contributed by atoms with E-state index in [9.17, 15) is 0 Å². The van der Waals surface area contributed by atoms with E-state index in [0.29, 0.717) is 5.88 Å². The van der Waals surface area contributed by atoms with Crippen LogP contribution in [0.3, 0.4) is 0 Å². The molecule has 0 aliphatic carbocycles. The molecule has 0 aliphatic heterocycles. The maximum atomic E-state index is 5.63. The second kappa shape index (κ2) is 5.02. The lowest BCUT2D eigenvalue weighted by Gasteiger charge is -2.15. The minimum absolute atomic E-state index is 0.470. The van der Waals surface area contributed by atoms with Gasteiger partial charge in [-0.1, -0.05) is 6.92 Å². The van der Waals surface area contributed by atoms with Gasteiger partial charge in [-0.25, -0.2) is 9.97 Å². The molecule has 72 valence electrons. The van der Waals surface area contributed by atoms with Crippen LogP contribution in [0.25, 0.3) is 0 Å². The maximum Gasteiger partial charge on any atom is 0.224 e. The van der Waals surface area contributed by atoms with Crippen LogP contribution in [-0.2, 0) is 5.88 Å². The first kappa shape index (κ1) is 10.3. The molecule has 0 aromatic carbocycles. The number of nitrogens with zero attached hydrogens (tertiary/aromatic N) is 3. The summed E-state index contributed by atoms with van der Waals surface area (Å²) in [6.07, 6.45) is 4.63. The third-order valence-electron chi connectivity index (χ3n) is 1.75. The quantitative estimate of drug-likeness (QED) is 0.696. The van der Waals surface area contributed by atoms with E-state index in [1.807, 2.05) is 11.9 Å². The zero-order chi connectivity index (χ0) is 9.68. The van der Waals surface area contributed by atoms with Crippen LogP contribution in [0.1, 0.15) is 18.9 Å². The highest BCUT2D eigenvalue weighted by molar-refractivity contribution is 6.17. The number of hydrogen-bond acceptors (Lipinski definition) is 3. The highest BCUT2D eigenvalue weighted by Gasteiger charge is 2.01. The van der Waals surface area contributed by atoms with E-state index in [0.717, 1.165) is 24.5 Å². The Bertz CT molecular complexity index is 248. The smallest absolute Gasteiger partial charge is 0.224 e. The van der Waals surface area contributed by atoms with E-state index in [-0.39, 0.29) is 0 Å². The van der Waals surface area contributed by atoms with Crippen molar-refractivity contribution >= 4 is 17.5 Å². The Balaban J connectivity index is 2.67. The lowest BCUT2D eigenvalue weighted by atomic mass is 10.4. The molecule has 13 heavy (non-hydrogen) atoms. The molecule has 0 atom stereocenters. The number of hydrogen-bond donors (Lipinski definition) is 0. The van der Waals surface area contributed by atoms with Gasteiger partial charge in [-0.15, -0.1) is 11.6 Å². The van der Waals surface area contributed by atoms with E-state index in [4.69, 9.17) is 11.6 Å². The Morgan fingerprint density at radius 2 is 2.00 bits per heavy atom. The van der Waals surface area contributed by atoms with Gasteiger partial charge < -0.3 is 4.90 Å². The minimum Gasteiger partial charge on any atom is -0.344 e. The fourth-order valence-corrected chi connectivity index (χ4v) is 1.19. The van der Waals surface area contributed by atoms with Gasteiger partial charge in [0.1, 0.15) is 0 Å². The SMILES string of the molecule is CCCN(C)c1ncc(CCl)cn1. The molecule has 0 unspecified atom stereocenters. The molecule has 0 spiro atoms. The Hall–Kier alpha value is -0.830. The Morgan fingerprint density at radius 3 is 2.46 bits per heavy atom. The second-order valence-corrected chi connectivity index (χ2v) is 3.21. The highest BCUT2D eigenvalue weighted by atomic mass is 35.5. The predicted octanol–water partition coefficient (Wildman–Crippen LogP) is 2.06. The molecule has 3 nitrogen and oxygen atoms in total. The molecule has 0 bridgehead atoms. The second-order valence-electron chi connectivity index (χ2n) is 2.95. The van der Waals surface area contributed by atoms with E-state index in [1.165, 1.54) is 0 Å².